The maximum Gasteiger partial charge on any atom is 0.411 e. The van der Waals surface area contributed by atoms with Crippen molar-refractivity contribution in [1.29, 1.82) is 0 Å². The van der Waals surface area contributed by atoms with Crippen LogP contribution >= 0.6 is 0 Å². The van der Waals surface area contributed by atoms with Crippen LogP contribution in [0.15, 0.2) is 54.6 Å². The van der Waals surface area contributed by atoms with Gasteiger partial charge in [0, 0.05) is 5.69 Å². The number of carbonyl (C=O) groups is 2. The van der Waals surface area contributed by atoms with E-state index in [2.05, 4.69) is 10.6 Å². The number of alkyl carbamates (subject to hydrolysis) is 1. The van der Waals surface area contributed by atoms with Crippen LogP contribution in [0.1, 0.15) is 37.9 Å². The molecule has 2 aromatic rings. The molecule has 28 heavy (non-hydrogen) atoms. The highest BCUT2D eigenvalue weighted by Crippen LogP contribution is 2.19. The molecule has 1 atom stereocenters. The van der Waals surface area contributed by atoms with Gasteiger partial charge in [-0.25, -0.2) is 9.59 Å². The first-order chi connectivity index (χ1) is 13.3. The molecule has 150 valence electrons. The van der Waals surface area contributed by atoms with Gasteiger partial charge in [-0.3, -0.25) is 5.32 Å². The molecule has 0 radical (unpaired) electrons. The van der Waals surface area contributed by atoms with Crippen molar-refractivity contribution in [1.82, 2.24) is 5.32 Å². The van der Waals surface area contributed by atoms with Crippen molar-refractivity contribution in [3.63, 3.8) is 0 Å². The van der Waals surface area contributed by atoms with Gasteiger partial charge < -0.3 is 19.9 Å². The van der Waals surface area contributed by atoms with Crippen LogP contribution in [-0.4, -0.2) is 29.5 Å². The lowest BCUT2D eigenvalue weighted by Crippen LogP contribution is -2.36. The minimum atomic E-state index is -0.670. The van der Waals surface area contributed by atoms with Crippen molar-refractivity contribution >= 4 is 17.9 Å². The van der Waals surface area contributed by atoms with Crippen LogP contribution < -0.4 is 10.6 Å². The topological polar surface area (TPSA) is 96.9 Å². The highest BCUT2D eigenvalue weighted by atomic mass is 16.6. The van der Waals surface area contributed by atoms with Crippen molar-refractivity contribution in [2.75, 3.05) is 11.9 Å². The molecule has 2 rings (SSSR count). The smallest absolute Gasteiger partial charge is 0.411 e. The third kappa shape index (κ3) is 7.28. The monoisotopic (exact) mass is 386 g/mol. The number of rotatable bonds is 6. The number of ether oxygens (including phenoxy) is 2. The summed E-state index contributed by atoms with van der Waals surface area (Å²) in [4.78, 5) is 23.9. The van der Waals surface area contributed by atoms with Gasteiger partial charge in [-0.1, -0.05) is 42.5 Å². The molecule has 0 bridgehead atoms. The first-order valence-corrected chi connectivity index (χ1v) is 8.95. The molecule has 0 aliphatic carbocycles. The highest BCUT2D eigenvalue weighted by molar-refractivity contribution is 5.84. The second-order valence-electron chi connectivity index (χ2n) is 7.19. The van der Waals surface area contributed by atoms with E-state index >= 15 is 0 Å². The van der Waals surface area contributed by atoms with Crippen LogP contribution in [-0.2, 0) is 16.1 Å². The SMILES string of the molecule is CC(C)(C)OC(=O)N[C@H](CO)c1cccc(NC(=O)OCc2ccccc2)c1. The van der Waals surface area contributed by atoms with Gasteiger partial charge in [0.1, 0.15) is 12.2 Å². The maximum absolute atomic E-state index is 12.0. The van der Waals surface area contributed by atoms with Crippen LogP contribution in [0.4, 0.5) is 15.3 Å². The molecular weight excluding hydrogens is 360 g/mol. The Morgan fingerprint density at radius 3 is 2.39 bits per heavy atom. The van der Waals surface area contributed by atoms with Crippen LogP contribution in [0.5, 0.6) is 0 Å². The fraction of sp³-hybridized carbons (Fsp3) is 0.333. The Morgan fingerprint density at radius 1 is 1.04 bits per heavy atom. The lowest BCUT2D eigenvalue weighted by Gasteiger charge is -2.23. The van der Waals surface area contributed by atoms with Gasteiger partial charge in [0.25, 0.3) is 0 Å². The Morgan fingerprint density at radius 2 is 1.75 bits per heavy atom. The zero-order chi connectivity index (χ0) is 20.6. The molecule has 0 aliphatic heterocycles. The van der Waals surface area contributed by atoms with E-state index in [1.807, 2.05) is 30.3 Å². The van der Waals surface area contributed by atoms with E-state index in [1.165, 1.54) is 0 Å². The minimum Gasteiger partial charge on any atom is -0.444 e. The van der Waals surface area contributed by atoms with Gasteiger partial charge >= 0.3 is 12.2 Å². The van der Waals surface area contributed by atoms with Crippen LogP contribution in [0.3, 0.4) is 0 Å². The summed E-state index contributed by atoms with van der Waals surface area (Å²) >= 11 is 0. The van der Waals surface area contributed by atoms with Gasteiger partial charge in [-0.2, -0.15) is 0 Å². The lowest BCUT2D eigenvalue weighted by molar-refractivity contribution is 0.0481. The molecule has 2 aromatic carbocycles. The number of aliphatic hydroxyl groups excluding tert-OH is 1. The van der Waals surface area contributed by atoms with E-state index in [9.17, 15) is 14.7 Å². The summed E-state index contributed by atoms with van der Waals surface area (Å²) in [6.07, 6.45) is -1.23. The Kier molecular flexibility index (Phi) is 7.40. The molecule has 2 amide bonds. The van der Waals surface area contributed by atoms with Gasteiger partial charge in [0.2, 0.25) is 0 Å². The summed E-state index contributed by atoms with van der Waals surface area (Å²) in [6.45, 7) is 5.11. The molecule has 7 heteroatoms. The Hall–Kier alpha value is -3.06. The van der Waals surface area contributed by atoms with Gasteiger partial charge in [0.15, 0.2) is 0 Å². The summed E-state index contributed by atoms with van der Waals surface area (Å²) in [5.41, 5.74) is 1.35. The number of nitrogens with one attached hydrogen (secondary N) is 2. The molecule has 0 aromatic heterocycles. The number of amides is 2. The predicted octanol–water partition coefficient (Wildman–Crippen LogP) is 3.99. The van der Waals surface area contributed by atoms with Crippen LogP contribution in [0, 0.1) is 0 Å². The molecule has 0 saturated heterocycles. The standard InChI is InChI=1S/C21H26N2O5/c1-21(2,3)28-20(26)23-18(13-24)16-10-7-11-17(12-16)22-19(25)27-14-15-8-5-4-6-9-15/h4-12,18,24H,13-14H2,1-3H3,(H,22,25)(H,23,26)/t18-/m1/s1. The van der Waals surface area contributed by atoms with E-state index in [4.69, 9.17) is 9.47 Å². The molecular formula is C21H26N2O5. The van der Waals surface area contributed by atoms with Crippen molar-refractivity contribution in [3.05, 3.63) is 65.7 Å². The van der Waals surface area contributed by atoms with Gasteiger partial charge in [-0.05, 0) is 44.0 Å². The Bertz CT molecular complexity index is 787. The summed E-state index contributed by atoms with van der Waals surface area (Å²) in [5, 5.41) is 14.9. The molecule has 0 unspecified atom stereocenters. The molecule has 0 fully saturated rings. The third-order valence-corrected chi connectivity index (χ3v) is 3.62. The average molecular weight is 386 g/mol. The third-order valence-electron chi connectivity index (χ3n) is 3.62. The molecule has 0 heterocycles. The second-order valence-corrected chi connectivity index (χ2v) is 7.19. The number of hydrogen-bond acceptors (Lipinski definition) is 5. The molecule has 3 N–H and O–H groups in total. The summed E-state index contributed by atoms with van der Waals surface area (Å²) in [6, 6.07) is 15.5. The maximum atomic E-state index is 12.0. The van der Waals surface area contributed by atoms with Crippen molar-refractivity contribution < 1.29 is 24.2 Å². The van der Waals surface area contributed by atoms with Crippen LogP contribution in [0.2, 0.25) is 0 Å². The summed E-state index contributed by atoms with van der Waals surface area (Å²) < 4.78 is 10.4. The number of anilines is 1. The first-order valence-electron chi connectivity index (χ1n) is 8.95. The van der Waals surface area contributed by atoms with E-state index in [0.29, 0.717) is 11.3 Å². The number of carbonyl (C=O) groups excluding carboxylic acids is 2. The zero-order valence-corrected chi connectivity index (χ0v) is 16.3. The fourth-order valence-corrected chi connectivity index (χ4v) is 2.39. The highest BCUT2D eigenvalue weighted by Gasteiger charge is 2.20. The minimum absolute atomic E-state index is 0.159. The van der Waals surface area contributed by atoms with E-state index in [0.717, 1.165) is 5.56 Å². The van der Waals surface area contributed by atoms with Crippen molar-refractivity contribution in [2.24, 2.45) is 0 Å². The molecule has 0 saturated carbocycles. The van der Waals surface area contributed by atoms with Crippen molar-refractivity contribution in [3.8, 4) is 0 Å². The van der Waals surface area contributed by atoms with Crippen molar-refractivity contribution in [2.45, 2.75) is 39.0 Å². The predicted molar refractivity (Wildman–Crippen MR) is 106 cm³/mol. The molecule has 7 nitrogen and oxygen atoms in total. The van der Waals surface area contributed by atoms with E-state index < -0.39 is 23.8 Å². The summed E-state index contributed by atoms with van der Waals surface area (Å²) in [7, 11) is 0. The first kappa shape index (κ1) is 21.2. The normalized spacial score (nSPS) is 12.0. The van der Waals surface area contributed by atoms with Gasteiger partial charge in [-0.15, -0.1) is 0 Å². The molecule has 0 spiro atoms. The summed E-state index contributed by atoms with van der Waals surface area (Å²) in [5.74, 6) is 0. The zero-order valence-electron chi connectivity index (χ0n) is 16.3. The second kappa shape index (κ2) is 9.75. The Balaban J connectivity index is 1.95. The molecule has 0 aliphatic rings. The number of benzene rings is 2. The quantitative estimate of drug-likeness (QED) is 0.697. The largest absolute Gasteiger partial charge is 0.444 e. The number of hydrogen-bond donors (Lipinski definition) is 3. The number of aliphatic hydroxyl groups is 1. The van der Waals surface area contributed by atoms with E-state index in [1.54, 1.807) is 45.0 Å². The van der Waals surface area contributed by atoms with E-state index in [-0.39, 0.29) is 13.2 Å². The van der Waals surface area contributed by atoms with Gasteiger partial charge in [0.05, 0.1) is 12.6 Å². The average Bonchev–Trinajstić information content (AvgIpc) is 2.64. The fourth-order valence-electron chi connectivity index (χ4n) is 2.39. The lowest BCUT2D eigenvalue weighted by atomic mass is 10.1. The van der Waals surface area contributed by atoms with Crippen LogP contribution in [0.25, 0.3) is 0 Å². The Labute approximate surface area is 164 Å².